The molecule has 1 aromatic heterocycles. The first-order valence-corrected chi connectivity index (χ1v) is 9.19. The van der Waals surface area contributed by atoms with Crippen LogP contribution in [0.3, 0.4) is 0 Å². The SMILES string of the molecule is O=C1CN(CCCn2cnnn2)CCN1c1ccccc1-c1ccccc1. The molecule has 7 heteroatoms. The van der Waals surface area contributed by atoms with E-state index < -0.39 is 0 Å². The van der Waals surface area contributed by atoms with Crippen LogP contribution in [0.15, 0.2) is 60.9 Å². The van der Waals surface area contributed by atoms with Gasteiger partial charge in [-0.2, -0.15) is 0 Å². The van der Waals surface area contributed by atoms with Crippen molar-refractivity contribution in [3.8, 4) is 11.1 Å². The molecule has 0 aliphatic carbocycles. The first-order chi connectivity index (χ1) is 13.3. The Morgan fingerprint density at radius 2 is 1.74 bits per heavy atom. The van der Waals surface area contributed by atoms with E-state index in [1.807, 2.05) is 41.3 Å². The van der Waals surface area contributed by atoms with E-state index >= 15 is 0 Å². The highest BCUT2D eigenvalue weighted by Crippen LogP contribution is 2.31. The standard InChI is InChI=1S/C20H22N6O/c27-20-15-24(11-6-12-25-16-21-22-23-25)13-14-26(20)19-10-5-4-9-18(19)17-7-2-1-3-8-17/h1-5,7-10,16H,6,11-15H2. The normalized spacial score (nSPS) is 15.3. The Balaban J connectivity index is 1.41. The molecule has 0 spiro atoms. The third-order valence-electron chi connectivity index (χ3n) is 4.83. The number of para-hydroxylation sites is 1. The van der Waals surface area contributed by atoms with Crippen molar-refractivity contribution in [1.29, 1.82) is 0 Å². The smallest absolute Gasteiger partial charge is 0.241 e. The van der Waals surface area contributed by atoms with Gasteiger partial charge in [-0.3, -0.25) is 9.69 Å². The van der Waals surface area contributed by atoms with E-state index in [0.29, 0.717) is 13.1 Å². The Bertz CT molecular complexity index is 881. The fourth-order valence-corrected chi connectivity index (χ4v) is 3.48. The Hall–Kier alpha value is -3.06. The van der Waals surface area contributed by atoms with Crippen LogP contribution < -0.4 is 4.90 Å². The fourth-order valence-electron chi connectivity index (χ4n) is 3.48. The molecule has 0 radical (unpaired) electrons. The van der Waals surface area contributed by atoms with Gasteiger partial charge in [0.2, 0.25) is 5.91 Å². The predicted molar refractivity (Wildman–Crippen MR) is 103 cm³/mol. The van der Waals surface area contributed by atoms with Gasteiger partial charge in [0.15, 0.2) is 0 Å². The van der Waals surface area contributed by atoms with E-state index in [1.54, 1.807) is 11.0 Å². The number of benzene rings is 2. The zero-order valence-electron chi connectivity index (χ0n) is 15.1. The molecular formula is C20H22N6O. The number of amides is 1. The maximum absolute atomic E-state index is 12.8. The monoisotopic (exact) mass is 362 g/mol. The average Bonchev–Trinajstić information content (AvgIpc) is 3.22. The molecule has 1 saturated heterocycles. The zero-order chi connectivity index (χ0) is 18.5. The molecule has 1 amide bonds. The second-order valence-electron chi connectivity index (χ2n) is 6.63. The molecule has 0 atom stereocenters. The number of carbonyl (C=O) groups is 1. The van der Waals surface area contributed by atoms with Crippen LogP contribution in [0, 0.1) is 0 Å². The van der Waals surface area contributed by atoms with Crippen LogP contribution in [0.2, 0.25) is 0 Å². The summed E-state index contributed by atoms with van der Waals surface area (Å²) in [6.45, 7) is 3.63. The number of anilines is 1. The van der Waals surface area contributed by atoms with Gasteiger partial charge in [-0.15, -0.1) is 5.10 Å². The molecule has 0 N–H and O–H groups in total. The first-order valence-electron chi connectivity index (χ1n) is 9.19. The minimum atomic E-state index is 0.145. The Labute approximate surface area is 158 Å². The van der Waals surface area contributed by atoms with Crippen molar-refractivity contribution in [2.45, 2.75) is 13.0 Å². The zero-order valence-corrected chi connectivity index (χ0v) is 15.1. The molecule has 1 aliphatic heterocycles. The van der Waals surface area contributed by atoms with Crippen molar-refractivity contribution in [2.75, 3.05) is 31.1 Å². The molecule has 2 heterocycles. The summed E-state index contributed by atoms with van der Waals surface area (Å²) >= 11 is 0. The number of carbonyl (C=O) groups excluding carboxylic acids is 1. The van der Waals surface area contributed by atoms with Crippen molar-refractivity contribution < 1.29 is 4.79 Å². The lowest BCUT2D eigenvalue weighted by molar-refractivity contribution is -0.121. The maximum Gasteiger partial charge on any atom is 0.241 e. The fraction of sp³-hybridized carbons (Fsp3) is 0.300. The lowest BCUT2D eigenvalue weighted by Gasteiger charge is -2.35. The van der Waals surface area contributed by atoms with E-state index in [1.165, 1.54) is 0 Å². The Kier molecular flexibility index (Phi) is 5.20. The number of rotatable bonds is 6. The van der Waals surface area contributed by atoms with Crippen LogP contribution in [0.25, 0.3) is 11.1 Å². The van der Waals surface area contributed by atoms with Gasteiger partial charge in [-0.05, 0) is 28.5 Å². The average molecular weight is 362 g/mol. The molecule has 138 valence electrons. The van der Waals surface area contributed by atoms with Gasteiger partial charge >= 0.3 is 0 Å². The predicted octanol–water partition coefficient (Wildman–Crippen LogP) is 2.08. The van der Waals surface area contributed by atoms with Crippen molar-refractivity contribution in [1.82, 2.24) is 25.1 Å². The van der Waals surface area contributed by atoms with E-state index in [2.05, 4.69) is 38.6 Å². The molecule has 0 saturated carbocycles. The first kappa shape index (κ1) is 17.4. The molecule has 7 nitrogen and oxygen atoms in total. The van der Waals surface area contributed by atoms with Crippen molar-refractivity contribution in [3.63, 3.8) is 0 Å². The summed E-state index contributed by atoms with van der Waals surface area (Å²) in [6, 6.07) is 18.3. The van der Waals surface area contributed by atoms with Gasteiger partial charge in [0.1, 0.15) is 6.33 Å². The summed E-state index contributed by atoms with van der Waals surface area (Å²) in [5, 5.41) is 11.1. The molecule has 1 fully saturated rings. The second kappa shape index (κ2) is 8.09. The maximum atomic E-state index is 12.8. The third-order valence-corrected chi connectivity index (χ3v) is 4.83. The van der Waals surface area contributed by atoms with Crippen LogP contribution in [0.5, 0.6) is 0 Å². The number of hydrogen-bond acceptors (Lipinski definition) is 5. The number of nitrogens with zero attached hydrogens (tertiary/aromatic N) is 6. The number of piperazine rings is 1. The van der Waals surface area contributed by atoms with Crippen LogP contribution in [-0.4, -0.2) is 57.2 Å². The second-order valence-corrected chi connectivity index (χ2v) is 6.63. The van der Waals surface area contributed by atoms with Gasteiger partial charge in [0.25, 0.3) is 0 Å². The molecular weight excluding hydrogens is 340 g/mol. The van der Waals surface area contributed by atoms with Crippen LogP contribution >= 0.6 is 0 Å². The van der Waals surface area contributed by atoms with Crippen molar-refractivity contribution in [2.24, 2.45) is 0 Å². The molecule has 3 aromatic rings. The molecule has 0 unspecified atom stereocenters. The van der Waals surface area contributed by atoms with Gasteiger partial charge in [-0.1, -0.05) is 48.5 Å². The third kappa shape index (κ3) is 4.03. The van der Waals surface area contributed by atoms with Crippen LogP contribution in [-0.2, 0) is 11.3 Å². The lowest BCUT2D eigenvalue weighted by Crippen LogP contribution is -2.50. The molecule has 0 bridgehead atoms. The highest BCUT2D eigenvalue weighted by molar-refractivity contribution is 5.99. The van der Waals surface area contributed by atoms with Crippen molar-refractivity contribution >= 4 is 11.6 Å². The largest absolute Gasteiger partial charge is 0.309 e. The summed E-state index contributed by atoms with van der Waals surface area (Å²) in [5.74, 6) is 0.145. The number of tetrazole rings is 1. The van der Waals surface area contributed by atoms with Crippen LogP contribution in [0.4, 0.5) is 5.69 Å². The van der Waals surface area contributed by atoms with Gasteiger partial charge in [0, 0.05) is 31.7 Å². The summed E-state index contributed by atoms with van der Waals surface area (Å²) in [4.78, 5) is 16.9. The van der Waals surface area contributed by atoms with Gasteiger partial charge in [0.05, 0.1) is 12.2 Å². The highest BCUT2D eigenvalue weighted by atomic mass is 16.2. The summed E-state index contributed by atoms with van der Waals surface area (Å²) < 4.78 is 1.72. The highest BCUT2D eigenvalue weighted by Gasteiger charge is 2.26. The minimum absolute atomic E-state index is 0.145. The Morgan fingerprint density at radius 1 is 0.926 bits per heavy atom. The van der Waals surface area contributed by atoms with Gasteiger partial charge < -0.3 is 4.90 Å². The lowest BCUT2D eigenvalue weighted by atomic mass is 10.0. The molecule has 27 heavy (non-hydrogen) atoms. The molecule has 1 aliphatic rings. The van der Waals surface area contributed by atoms with E-state index in [4.69, 9.17) is 0 Å². The summed E-state index contributed by atoms with van der Waals surface area (Å²) in [5.41, 5.74) is 3.21. The van der Waals surface area contributed by atoms with Crippen molar-refractivity contribution in [3.05, 3.63) is 60.9 Å². The summed E-state index contributed by atoms with van der Waals surface area (Å²) in [6.07, 6.45) is 2.53. The Morgan fingerprint density at radius 3 is 2.52 bits per heavy atom. The molecule has 2 aromatic carbocycles. The molecule has 4 rings (SSSR count). The summed E-state index contributed by atoms with van der Waals surface area (Å²) in [7, 11) is 0. The van der Waals surface area contributed by atoms with Crippen LogP contribution in [0.1, 0.15) is 6.42 Å². The topological polar surface area (TPSA) is 67.2 Å². The minimum Gasteiger partial charge on any atom is -0.309 e. The number of aromatic nitrogens is 4. The van der Waals surface area contributed by atoms with E-state index in [9.17, 15) is 4.79 Å². The number of aryl methyl sites for hydroxylation is 1. The quantitative estimate of drug-likeness (QED) is 0.672. The number of hydrogen-bond donors (Lipinski definition) is 0. The van der Waals surface area contributed by atoms with E-state index in [-0.39, 0.29) is 5.91 Å². The van der Waals surface area contributed by atoms with E-state index in [0.717, 1.165) is 42.9 Å². The van der Waals surface area contributed by atoms with Gasteiger partial charge in [-0.25, -0.2) is 4.68 Å².